The van der Waals surface area contributed by atoms with Gasteiger partial charge >= 0.3 is 0 Å². The van der Waals surface area contributed by atoms with Gasteiger partial charge in [-0.15, -0.1) is 0 Å². The van der Waals surface area contributed by atoms with Gasteiger partial charge in [0.15, 0.2) is 5.11 Å². The molecule has 1 saturated heterocycles. The van der Waals surface area contributed by atoms with Crippen LogP contribution < -0.4 is 10.2 Å². The number of hydrogen-bond donors (Lipinski definition) is 1. The summed E-state index contributed by atoms with van der Waals surface area (Å²) in [6.45, 7) is 0. The van der Waals surface area contributed by atoms with E-state index >= 15 is 0 Å². The fourth-order valence-corrected chi connectivity index (χ4v) is 3.21. The molecule has 0 bridgehead atoms. The molecule has 2 aromatic rings. The summed E-state index contributed by atoms with van der Waals surface area (Å²) >= 11 is 14.1. The first-order chi connectivity index (χ1) is 12.8. The predicted octanol–water partition coefficient (Wildman–Crippen LogP) is 3.84. The average molecular weight is 467 g/mol. The van der Waals surface area contributed by atoms with Crippen molar-refractivity contribution < 1.29 is 14.5 Å². The highest BCUT2D eigenvalue weighted by Crippen LogP contribution is 2.28. The average Bonchev–Trinajstić information content (AvgIpc) is 2.61. The molecule has 2 aromatic carbocycles. The van der Waals surface area contributed by atoms with Crippen LogP contribution in [0.4, 0.5) is 11.4 Å². The van der Waals surface area contributed by atoms with E-state index in [1.165, 1.54) is 18.2 Å². The van der Waals surface area contributed by atoms with Gasteiger partial charge in [0.05, 0.1) is 15.1 Å². The maximum Gasteiger partial charge on any atom is 0.284 e. The van der Waals surface area contributed by atoms with Crippen LogP contribution >= 0.6 is 39.7 Å². The number of nitro groups is 1. The Bertz CT molecular complexity index is 1020. The first-order valence-corrected chi connectivity index (χ1v) is 8.97. The third-order valence-electron chi connectivity index (χ3n) is 3.66. The summed E-state index contributed by atoms with van der Waals surface area (Å²) in [5.74, 6) is -1.32. The van der Waals surface area contributed by atoms with E-state index in [9.17, 15) is 19.7 Å². The number of rotatable bonds is 3. The predicted molar refractivity (Wildman–Crippen MR) is 108 cm³/mol. The van der Waals surface area contributed by atoms with Gasteiger partial charge in [0.25, 0.3) is 17.5 Å². The van der Waals surface area contributed by atoms with Crippen molar-refractivity contribution in [2.45, 2.75) is 0 Å². The number of anilines is 1. The molecule has 1 N–H and O–H groups in total. The molecule has 3 rings (SSSR count). The smallest absolute Gasteiger partial charge is 0.284 e. The van der Waals surface area contributed by atoms with E-state index in [-0.39, 0.29) is 20.8 Å². The molecule has 0 atom stereocenters. The molecule has 1 aliphatic rings. The summed E-state index contributed by atoms with van der Waals surface area (Å²) in [7, 11) is 0. The van der Waals surface area contributed by atoms with Crippen molar-refractivity contribution >= 4 is 74.1 Å². The quantitative estimate of drug-likeness (QED) is 0.244. The number of nitrogens with zero attached hydrogens (tertiary/aromatic N) is 2. The lowest BCUT2D eigenvalue weighted by atomic mass is 10.1. The van der Waals surface area contributed by atoms with Gasteiger partial charge in [0.1, 0.15) is 5.57 Å². The van der Waals surface area contributed by atoms with Crippen molar-refractivity contribution in [1.29, 1.82) is 0 Å². The molecule has 7 nitrogen and oxygen atoms in total. The molecule has 2 amide bonds. The molecule has 0 unspecified atom stereocenters. The highest BCUT2D eigenvalue weighted by Gasteiger charge is 2.34. The molecule has 1 fully saturated rings. The van der Waals surface area contributed by atoms with Crippen LogP contribution in [0.3, 0.4) is 0 Å². The van der Waals surface area contributed by atoms with E-state index in [0.717, 1.165) is 4.90 Å². The van der Waals surface area contributed by atoms with Gasteiger partial charge in [-0.25, -0.2) is 0 Å². The van der Waals surface area contributed by atoms with Gasteiger partial charge in [0.2, 0.25) is 0 Å². The second kappa shape index (κ2) is 7.55. The van der Waals surface area contributed by atoms with Crippen LogP contribution in [-0.2, 0) is 9.59 Å². The van der Waals surface area contributed by atoms with Crippen molar-refractivity contribution in [2.24, 2.45) is 0 Å². The lowest BCUT2D eigenvalue weighted by Crippen LogP contribution is -2.54. The van der Waals surface area contributed by atoms with Crippen LogP contribution in [0, 0.1) is 10.1 Å². The largest absolute Gasteiger partial charge is 0.298 e. The van der Waals surface area contributed by atoms with E-state index in [1.54, 1.807) is 30.3 Å². The van der Waals surface area contributed by atoms with E-state index < -0.39 is 16.7 Å². The third-order valence-corrected chi connectivity index (χ3v) is 4.87. The zero-order chi connectivity index (χ0) is 19.7. The Balaban J connectivity index is 2.03. The molecule has 0 spiro atoms. The number of nitro benzene ring substituents is 1. The van der Waals surface area contributed by atoms with E-state index in [4.69, 9.17) is 23.8 Å². The number of carbonyl (C=O) groups is 2. The van der Waals surface area contributed by atoms with Crippen molar-refractivity contribution in [2.75, 3.05) is 4.90 Å². The highest BCUT2D eigenvalue weighted by molar-refractivity contribution is 9.10. The molecule has 10 heteroatoms. The van der Waals surface area contributed by atoms with Gasteiger partial charge in [-0.1, -0.05) is 17.7 Å². The van der Waals surface area contributed by atoms with Gasteiger partial charge < -0.3 is 0 Å². The molecule has 0 aromatic heterocycles. The second-order valence-corrected chi connectivity index (χ2v) is 7.08. The van der Waals surface area contributed by atoms with Crippen LogP contribution in [0.25, 0.3) is 6.08 Å². The van der Waals surface area contributed by atoms with Crippen molar-refractivity contribution in [1.82, 2.24) is 5.32 Å². The van der Waals surface area contributed by atoms with E-state index in [1.807, 2.05) is 0 Å². The second-order valence-electron chi connectivity index (χ2n) is 5.40. The molecule has 27 heavy (non-hydrogen) atoms. The molecule has 136 valence electrons. The van der Waals surface area contributed by atoms with Gasteiger partial charge in [0, 0.05) is 11.1 Å². The first kappa shape index (κ1) is 19.2. The number of amides is 2. The number of hydrogen-bond acceptors (Lipinski definition) is 5. The summed E-state index contributed by atoms with van der Waals surface area (Å²) in [4.78, 5) is 36.8. The zero-order valence-electron chi connectivity index (χ0n) is 13.3. The Hall–Kier alpha value is -2.62. The fourth-order valence-electron chi connectivity index (χ4n) is 2.41. The Kier molecular flexibility index (Phi) is 5.36. The van der Waals surface area contributed by atoms with Crippen molar-refractivity contribution in [3.05, 3.63) is 73.2 Å². The van der Waals surface area contributed by atoms with Crippen molar-refractivity contribution in [3.63, 3.8) is 0 Å². The molecule has 1 heterocycles. The topological polar surface area (TPSA) is 92.6 Å². The molecule has 0 radical (unpaired) electrons. The number of benzene rings is 2. The summed E-state index contributed by atoms with van der Waals surface area (Å²) in [6, 6.07) is 10.6. The van der Waals surface area contributed by atoms with Gasteiger partial charge in [-0.2, -0.15) is 0 Å². The normalized spacial score (nSPS) is 15.9. The lowest BCUT2D eigenvalue weighted by Gasteiger charge is -2.28. The number of carbonyl (C=O) groups excluding carboxylic acids is 2. The summed E-state index contributed by atoms with van der Waals surface area (Å²) < 4.78 is 0.290. The Morgan fingerprint density at radius 1 is 1.19 bits per heavy atom. The maximum absolute atomic E-state index is 12.9. The van der Waals surface area contributed by atoms with Crippen LogP contribution in [0.15, 0.2) is 52.5 Å². The summed E-state index contributed by atoms with van der Waals surface area (Å²) in [5.41, 5.74) is 0.377. The molecule has 1 aliphatic heterocycles. The maximum atomic E-state index is 12.9. The molecular weight excluding hydrogens is 458 g/mol. The SMILES string of the molecule is O=C1NC(=S)N(c2ccc(Cl)cc2)C(=O)C1=Cc1ccc(Br)c([N+](=O)[O-])c1. The van der Waals surface area contributed by atoms with Crippen LogP contribution in [-0.4, -0.2) is 21.9 Å². The monoisotopic (exact) mass is 465 g/mol. The van der Waals surface area contributed by atoms with E-state index in [0.29, 0.717) is 16.3 Å². The third kappa shape index (κ3) is 3.90. The molecular formula is C17H9BrClN3O4S. The fraction of sp³-hybridized carbons (Fsp3) is 0. The molecule has 0 aliphatic carbocycles. The summed E-state index contributed by atoms with van der Waals surface area (Å²) in [6.07, 6.45) is 1.28. The van der Waals surface area contributed by atoms with Crippen molar-refractivity contribution in [3.8, 4) is 0 Å². The van der Waals surface area contributed by atoms with Gasteiger partial charge in [-0.3, -0.25) is 29.9 Å². The number of halogens is 2. The lowest BCUT2D eigenvalue weighted by molar-refractivity contribution is -0.385. The minimum Gasteiger partial charge on any atom is -0.298 e. The minimum absolute atomic E-state index is 0.0636. The van der Waals surface area contributed by atoms with Crippen LogP contribution in [0.2, 0.25) is 5.02 Å². The van der Waals surface area contributed by atoms with E-state index in [2.05, 4.69) is 21.2 Å². The number of nitrogens with one attached hydrogen (secondary N) is 1. The van der Waals surface area contributed by atoms with Crippen LogP contribution in [0.5, 0.6) is 0 Å². The Labute approximate surface area is 171 Å². The summed E-state index contributed by atoms with van der Waals surface area (Å²) in [5, 5.41) is 13.9. The Morgan fingerprint density at radius 2 is 1.85 bits per heavy atom. The molecule has 0 saturated carbocycles. The van der Waals surface area contributed by atoms with Gasteiger partial charge in [-0.05, 0) is 70.1 Å². The van der Waals surface area contributed by atoms with Crippen LogP contribution in [0.1, 0.15) is 5.56 Å². The first-order valence-electron chi connectivity index (χ1n) is 7.39. The standard InChI is InChI=1S/C17H9BrClN3O4S/c18-13-6-1-9(8-14(13)22(25)26)7-12-15(23)20-17(27)21(16(12)24)11-4-2-10(19)3-5-11/h1-8H,(H,20,23,27). The highest BCUT2D eigenvalue weighted by atomic mass is 79.9. The zero-order valence-corrected chi connectivity index (χ0v) is 16.5. The number of thiocarbonyl (C=S) groups is 1. The minimum atomic E-state index is -0.680. The Morgan fingerprint density at radius 3 is 2.48 bits per heavy atom.